The Morgan fingerprint density at radius 2 is 1.71 bits per heavy atom. The van der Waals surface area contributed by atoms with Gasteiger partial charge in [0.05, 0.1) is 26.9 Å². The molecule has 0 spiro atoms. The largest absolute Gasteiger partial charge is 0.506 e. The lowest BCUT2D eigenvalue weighted by Crippen LogP contribution is -2.29. The van der Waals surface area contributed by atoms with Crippen molar-refractivity contribution in [3.8, 4) is 5.75 Å². The topological polar surface area (TPSA) is 95.5 Å². The van der Waals surface area contributed by atoms with Gasteiger partial charge in [0.15, 0.2) is 9.84 Å². The Labute approximate surface area is 205 Å². The zero-order chi connectivity index (χ0) is 26.0. The van der Waals surface area contributed by atoms with Crippen LogP contribution in [0.3, 0.4) is 0 Å². The molecule has 35 heavy (non-hydrogen) atoms. The van der Waals surface area contributed by atoms with E-state index in [4.69, 9.17) is 11.6 Å². The van der Waals surface area contributed by atoms with Crippen molar-refractivity contribution in [1.82, 2.24) is 0 Å². The van der Waals surface area contributed by atoms with E-state index in [-0.39, 0.29) is 33.3 Å². The molecule has 0 saturated carbocycles. The van der Waals surface area contributed by atoms with E-state index in [1.165, 1.54) is 18.2 Å². The number of carbonyl (C=O) groups is 1. The van der Waals surface area contributed by atoms with Crippen LogP contribution in [0.1, 0.15) is 34.8 Å². The molecule has 1 atom stereocenters. The molecule has 0 aliphatic heterocycles. The minimum atomic E-state index is -4.53. The lowest BCUT2D eigenvalue weighted by atomic mass is 10.1. The quantitative estimate of drug-likeness (QED) is 0.316. The summed E-state index contributed by atoms with van der Waals surface area (Å²) in [7, 11) is -3.78. The number of phenols is 1. The fourth-order valence-corrected chi connectivity index (χ4v) is 5.19. The Morgan fingerprint density at radius 1 is 1.06 bits per heavy atom. The molecular weight excluding hydrogens is 505 g/mol. The summed E-state index contributed by atoms with van der Waals surface area (Å²) in [5.74, 6) is -1.18. The van der Waals surface area contributed by atoms with Crippen molar-refractivity contribution in [2.75, 3.05) is 10.6 Å². The molecule has 0 aliphatic rings. The summed E-state index contributed by atoms with van der Waals surface area (Å²) in [6, 6.07) is 12.4. The van der Waals surface area contributed by atoms with Gasteiger partial charge in [0.2, 0.25) is 0 Å². The van der Waals surface area contributed by atoms with E-state index in [0.717, 1.165) is 29.8 Å². The first-order valence-electron chi connectivity index (χ1n) is 10.4. The maximum atomic E-state index is 13.1. The molecule has 0 saturated heterocycles. The monoisotopic (exact) mass is 526 g/mol. The number of aryl methyl sites for hydroxylation is 1. The number of anilines is 2. The van der Waals surface area contributed by atoms with E-state index < -0.39 is 38.6 Å². The van der Waals surface area contributed by atoms with Gasteiger partial charge in [-0.3, -0.25) is 4.79 Å². The normalized spacial score (nSPS) is 12.7. The van der Waals surface area contributed by atoms with Crippen molar-refractivity contribution in [1.29, 1.82) is 0 Å². The van der Waals surface area contributed by atoms with Crippen molar-refractivity contribution in [2.24, 2.45) is 0 Å². The number of sulfone groups is 1. The average molecular weight is 527 g/mol. The number of rotatable bonds is 7. The Balaban J connectivity index is 1.81. The third kappa shape index (κ3) is 6.07. The smallest absolute Gasteiger partial charge is 0.416 e. The molecule has 3 aromatic rings. The molecule has 3 aromatic carbocycles. The van der Waals surface area contributed by atoms with E-state index in [0.29, 0.717) is 0 Å². The number of nitrogens with one attached hydrogen (secondary N) is 2. The highest BCUT2D eigenvalue weighted by atomic mass is 35.5. The van der Waals surface area contributed by atoms with E-state index in [9.17, 15) is 31.5 Å². The number of amides is 1. The molecule has 3 rings (SSSR count). The first kappa shape index (κ1) is 26.4. The summed E-state index contributed by atoms with van der Waals surface area (Å²) in [6.45, 7) is 3.46. The fraction of sp³-hybridized carbons (Fsp3) is 0.208. The predicted molar refractivity (Wildman–Crippen MR) is 129 cm³/mol. The van der Waals surface area contributed by atoms with Crippen LogP contribution in [0.5, 0.6) is 5.75 Å². The van der Waals surface area contributed by atoms with E-state index >= 15 is 0 Å². The minimum Gasteiger partial charge on any atom is -0.506 e. The summed E-state index contributed by atoms with van der Waals surface area (Å²) in [6.07, 6.45) is -4.34. The van der Waals surface area contributed by atoms with Gasteiger partial charge in [0, 0.05) is 11.6 Å². The molecule has 1 unspecified atom stereocenters. The second-order valence-electron chi connectivity index (χ2n) is 7.78. The van der Waals surface area contributed by atoms with Crippen LogP contribution in [0.2, 0.25) is 5.02 Å². The van der Waals surface area contributed by atoms with Crippen LogP contribution in [-0.4, -0.2) is 24.8 Å². The molecule has 11 heteroatoms. The molecular formula is C24H22ClF3N2O4S. The zero-order valence-electron chi connectivity index (χ0n) is 18.7. The van der Waals surface area contributed by atoms with Gasteiger partial charge in [0.1, 0.15) is 11.1 Å². The highest BCUT2D eigenvalue weighted by Crippen LogP contribution is 2.36. The highest BCUT2D eigenvalue weighted by molar-refractivity contribution is 7.92. The van der Waals surface area contributed by atoms with Crippen molar-refractivity contribution in [3.63, 3.8) is 0 Å². The molecule has 3 N–H and O–H groups in total. The average Bonchev–Trinajstić information content (AvgIpc) is 2.79. The van der Waals surface area contributed by atoms with Crippen LogP contribution in [0.15, 0.2) is 65.6 Å². The second-order valence-corrected chi connectivity index (χ2v) is 10.3. The van der Waals surface area contributed by atoms with Crippen LogP contribution < -0.4 is 10.6 Å². The molecule has 0 heterocycles. The van der Waals surface area contributed by atoms with Gasteiger partial charge in [0.25, 0.3) is 5.91 Å². The van der Waals surface area contributed by atoms with Gasteiger partial charge >= 0.3 is 6.18 Å². The third-order valence-corrected chi connectivity index (χ3v) is 7.61. The maximum absolute atomic E-state index is 13.1. The summed E-state index contributed by atoms with van der Waals surface area (Å²) in [5.41, 5.74) is -0.156. The minimum absolute atomic E-state index is 0.0170. The number of halogens is 4. The standard InChI is InChI=1S/C24H22ClF3N2O4S/c1-3-22(35(33,34)17-6-4-5-14(2)11-17)29-19-13-21(31)20(12-18(19)25)30-23(32)15-7-9-16(10-8-15)24(26,27)28/h4-13,22,29,31H,3H2,1-2H3,(H,30,32). The number of benzene rings is 3. The maximum Gasteiger partial charge on any atom is 0.416 e. The third-order valence-electron chi connectivity index (χ3n) is 5.19. The molecule has 0 aliphatic carbocycles. The number of phenolic OH excluding ortho intramolecular Hbond substituents is 1. The predicted octanol–water partition coefficient (Wildman–Crippen LogP) is 6.25. The second kappa shape index (κ2) is 10.2. The Hall–Kier alpha value is -3.24. The van der Waals surface area contributed by atoms with E-state index in [1.54, 1.807) is 32.0 Å². The van der Waals surface area contributed by atoms with E-state index in [2.05, 4.69) is 10.6 Å². The molecule has 6 nitrogen and oxygen atoms in total. The van der Waals surface area contributed by atoms with Crippen molar-refractivity contribution in [2.45, 2.75) is 36.7 Å². The number of hydrogen-bond donors (Lipinski definition) is 3. The number of hydrogen-bond acceptors (Lipinski definition) is 5. The van der Waals surface area contributed by atoms with Gasteiger partial charge < -0.3 is 15.7 Å². The van der Waals surface area contributed by atoms with Crippen LogP contribution >= 0.6 is 11.6 Å². The lowest BCUT2D eigenvalue weighted by Gasteiger charge is -2.21. The fourth-order valence-electron chi connectivity index (χ4n) is 3.31. The number of aromatic hydroxyl groups is 1. The summed E-state index contributed by atoms with van der Waals surface area (Å²) < 4.78 is 64.3. The van der Waals surface area contributed by atoms with Gasteiger partial charge in [-0.05, 0) is 61.4 Å². The van der Waals surface area contributed by atoms with Crippen molar-refractivity contribution in [3.05, 3.63) is 82.4 Å². The highest BCUT2D eigenvalue weighted by Gasteiger charge is 2.30. The molecule has 1 amide bonds. The number of carbonyl (C=O) groups excluding carboxylic acids is 1. The van der Waals surface area contributed by atoms with Gasteiger partial charge in [-0.1, -0.05) is 30.7 Å². The van der Waals surface area contributed by atoms with Crippen LogP contribution in [0.4, 0.5) is 24.5 Å². The first-order chi connectivity index (χ1) is 16.3. The summed E-state index contributed by atoms with van der Waals surface area (Å²) >= 11 is 6.28. The molecule has 186 valence electrons. The first-order valence-corrected chi connectivity index (χ1v) is 12.3. The van der Waals surface area contributed by atoms with Crippen LogP contribution in [-0.2, 0) is 16.0 Å². The Morgan fingerprint density at radius 3 is 2.29 bits per heavy atom. The molecule has 0 aromatic heterocycles. The van der Waals surface area contributed by atoms with Gasteiger partial charge in [-0.25, -0.2) is 8.42 Å². The van der Waals surface area contributed by atoms with Crippen LogP contribution in [0, 0.1) is 6.92 Å². The van der Waals surface area contributed by atoms with Crippen molar-refractivity contribution < 1.29 is 31.5 Å². The summed E-state index contributed by atoms with van der Waals surface area (Å²) in [5, 5.41) is 14.6. The number of alkyl halides is 3. The zero-order valence-corrected chi connectivity index (χ0v) is 20.2. The van der Waals surface area contributed by atoms with E-state index in [1.807, 2.05) is 0 Å². The van der Waals surface area contributed by atoms with Gasteiger partial charge in [-0.15, -0.1) is 0 Å². The van der Waals surface area contributed by atoms with Crippen LogP contribution in [0.25, 0.3) is 0 Å². The molecule has 0 fully saturated rings. The molecule has 0 bridgehead atoms. The Bertz CT molecular complexity index is 1340. The summed E-state index contributed by atoms with van der Waals surface area (Å²) in [4.78, 5) is 12.6. The Kier molecular flexibility index (Phi) is 7.66. The van der Waals surface area contributed by atoms with Gasteiger partial charge in [-0.2, -0.15) is 13.2 Å². The lowest BCUT2D eigenvalue weighted by molar-refractivity contribution is -0.137. The molecule has 0 radical (unpaired) electrons. The van der Waals surface area contributed by atoms with Crippen molar-refractivity contribution >= 4 is 38.7 Å². The SMILES string of the molecule is CCC(Nc1cc(O)c(NC(=O)c2ccc(C(F)(F)F)cc2)cc1Cl)S(=O)(=O)c1cccc(C)c1.